The summed E-state index contributed by atoms with van der Waals surface area (Å²) in [4.78, 5) is 13.5. The summed E-state index contributed by atoms with van der Waals surface area (Å²) in [6.45, 7) is 0. The normalized spacial score (nSPS) is 11.7. The van der Waals surface area contributed by atoms with Crippen molar-refractivity contribution in [3.63, 3.8) is 0 Å². The van der Waals surface area contributed by atoms with Crippen molar-refractivity contribution in [3.8, 4) is 73.1 Å². The molecule has 0 fully saturated rings. The topological polar surface area (TPSA) is 56.4 Å². The fraction of sp³-hybridized carbons (Fsp3) is 0. The Kier molecular flexibility index (Phi) is 12.5. The zero-order valence-corrected chi connectivity index (χ0v) is 48.4. The van der Waals surface area contributed by atoms with Crippen molar-refractivity contribution in [2.24, 2.45) is 0 Å². The summed E-state index contributed by atoms with van der Waals surface area (Å²) in [5, 5.41) is 9.41. The molecule has 1 N–H and O–H groups in total. The number of aromatic amines is 1. The van der Waals surface area contributed by atoms with Gasteiger partial charge in [-0.3, -0.25) is 4.57 Å². The zero-order valence-electron chi connectivity index (χ0n) is 48.4. The third-order valence-electron chi connectivity index (χ3n) is 17.7. The minimum atomic E-state index is -0.246. The first-order valence-electron chi connectivity index (χ1n) is 30.1. The third kappa shape index (κ3) is 9.00. The van der Waals surface area contributed by atoms with Gasteiger partial charge in [-0.2, -0.15) is 0 Å². The van der Waals surface area contributed by atoms with E-state index in [9.17, 15) is 8.78 Å². The standard InChI is InChI=1S/C52H33FN4.C30H19FN2/c53-41-23-25-42(26-24-41)56-48-15-6-4-13-43(48)45-32-38(21-27-50(45)56)39-22-28-51-46(33-39)44-14-5-7-16-49(44)57(51)52-54-30-29-47(55-52)40-12-8-11-37(31-40)36-19-17-35(18-20-36)34-9-2-1-3-10-34;31-21-11-13-22(14-12-21)33-29-8-4-2-6-24(29)26-18-20(10-16-30(26)33)19-9-15-28-25(17-19)23-5-1-3-7-27(23)32-28/h1-33H;1-18,32H. The van der Waals surface area contributed by atoms with Crippen molar-refractivity contribution >= 4 is 87.2 Å². The van der Waals surface area contributed by atoms with Gasteiger partial charge in [-0.05, 0) is 178 Å². The lowest BCUT2D eigenvalue weighted by molar-refractivity contribution is 0.627. The molecule has 8 heteroatoms. The molecule has 0 bridgehead atoms. The minimum Gasteiger partial charge on any atom is -0.355 e. The maximum absolute atomic E-state index is 13.9. The van der Waals surface area contributed by atoms with E-state index in [4.69, 9.17) is 9.97 Å². The molecule has 18 rings (SSSR count). The molecule has 5 aromatic heterocycles. The highest BCUT2D eigenvalue weighted by Crippen LogP contribution is 2.41. The lowest BCUT2D eigenvalue weighted by Gasteiger charge is -2.10. The molecule has 5 heterocycles. The van der Waals surface area contributed by atoms with Crippen LogP contribution in [0.25, 0.3) is 160 Å². The second kappa shape index (κ2) is 21.4. The molecule has 0 amide bonds. The van der Waals surface area contributed by atoms with Crippen LogP contribution in [0, 0.1) is 11.6 Å². The molecule has 0 saturated carbocycles. The van der Waals surface area contributed by atoms with E-state index < -0.39 is 0 Å². The first kappa shape index (κ1) is 52.3. The Hall–Kier alpha value is -12.0. The van der Waals surface area contributed by atoms with E-state index in [-0.39, 0.29) is 11.6 Å². The molecule has 0 radical (unpaired) electrons. The van der Waals surface area contributed by atoms with Gasteiger partial charge in [0.2, 0.25) is 5.95 Å². The number of para-hydroxylation sites is 4. The van der Waals surface area contributed by atoms with Gasteiger partial charge in [-0.15, -0.1) is 0 Å². The lowest BCUT2D eigenvalue weighted by Crippen LogP contribution is -2.01. The summed E-state index contributed by atoms with van der Waals surface area (Å²) in [5.41, 5.74) is 21.8. The number of halogens is 2. The summed E-state index contributed by atoms with van der Waals surface area (Å²) in [5.74, 6) is 0.151. The van der Waals surface area contributed by atoms with Crippen LogP contribution in [0.1, 0.15) is 0 Å². The van der Waals surface area contributed by atoms with Crippen molar-refractivity contribution in [1.29, 1.82) is 0 Å². The van der Waals surface area contributed by atoms with Gasteiger partial charge in [0.05, 0.1) is 38.8 Å². The van der Waals surface area contributed by atoms with Crippen molar-refractivity contribution in [2.75, 3.05) is 0 Å². The van der Waals surface area contributed by atoms with Gasteiger partial charge in [0.25, 0.3) is 0 Å². The molecule has 0 aliphatic carbocycles. The summed E-state index contributed by atoms with van der Waals surface area (Å²) in [7, 11) is 0. The third-order valence-corrected chi connectivity index (χ3v) is 17.7. The number of nitrogens with zero attached hydrogens (tertiary/aromatic N) is 5. The highest BCUT2D eigenvalue weighted by atomic mass is 19.1. The number of hydrogen-bond donors (Lipinski definition) is 1. The van der Waals surface area contributed by atoms with Crippen LogP contribution >= 0.6 is 0 Å². The van der Waals surface area contributed by atoms with Crippen LogP contribution < -0.4 is 0 Å². The predicted octanol–water partition coefficient (Wildman–Crippen LogP) is 21.7. The molecule has 0 spiro atoms. The lowest BCUT2D eigenvalue weighted by atomic mass is 9.98. The molecule has 0 saturated heterocycles. The first-order chi connectivity index (χ1) is 44.4. The molecular weight excluding hydrogens is 1110 g/mol. The molecule has 18 aromatic rings. The summed E-state index contributed by atoms with van der Waals surface area (Å²) in [6.07, 6.45) is 1.85. The van der Waals surface area contributed by atoms with E-state index in [1.54, 1.807) is 0 Å². The molecule has 0 aliphatic heterocycles. The van der Waals surface area contributed by atoms with Gasteiger partial charge in [0, 0.05) is 77.3 Å². The molecule has 13 aromatic carbocycles. The van der Waals surface area contributed by atoms with Gasteiger partial charge >= 0.3 is 0 Å². The Morgan fingerprint density at radius 2 is 0.633 bits per heavy atom. The minimum absolute atomic E-state index is 0.227. The van der Waals surface area contributed by atoms with Gasteiger partial charge in [0.15, 0.2) is 0 Å². The van der Waals surface area contributed by atoms with Crippen LogP contribution in [-0.2, 0) is 0 Å². The number of aromatic nitrogens is 6. The number of nitrogens with one attached hydrogen (secondary N) is 1. The molecule has 0 unspecified atom stereocenters. The van der Waals surface area contributed by atoms with Crippen LogP contribution in [0.15, 0.2) is 310 Å². The van der Waals surface area contributed by atoms with Gasteiger partial charge in [-0.25, -0.2) is 18.7 Å². The Morgan fingerprint density at radius 1 is 0.256 bits per heavy atom. The molecular formula is C82H52F2N6. The van der Waals surface area contributed by atoms with Crippen LogP contribution in [-0.4, -0.2) is 28.7 Å². The second-order valence-electron chi connectivity index (χ2n) is 22.9. The molecule has 6 nitrogen and oxygen atoms in total. The average Bonchev–Trinajstić information content (AvgIpc) is 1.70. The van der Waals surface area contributed by atoms with Crippen LogP contribution in [0.5, 0.6) is 0 Å². The van der Waals surface area contributed by atoms with Crippen LogP contribution in [0.4, 0.5) is 8.78 Å². The fourth-order valence-corrected chi connectivity index (χ4v) is 13.4. The van der Waals surface area contributed by atoms with E-state index >= 15 is 0 Å². The maximum atomic E-state index is 13.9. The van der Waals surface area contributed by atoms with Crippen molar-refractivity contribution < 1.29 is 8.78 Å². The van der Waals surface area contributed by atoms with E-state index in [1.807, 2.05) is 54.7 Å². The Balaban J connectivity index is 0.000000160. The Labute approximate surface area is 516 Å². The monoisotopic (exact) mass is 1160 g/mol. The van der Waals surface area contributed by atoms with E-state index in [2.05, 4.69) is 249 Å². The van der Waals surface area contributed by atoms with Crippen molar-refractivity contribution in [2.45, 2.75) is 0 Å². The van der Waals surface area contributed by atoms with Crippen molar-refractivity contribution in [3.05, 3.63) is 321 Å². The highest BCUT2D eigenvalue weighted by Gasteiger charge is 2.19. The molecule has 0 aliphatic rings. The number of H-pyrrole nitrogens is 1. The number of rotatable bonds is 8. The summed E-state index contributed by atoms with van der Waals surface area (Å²) >= 11 is 0. The largest absolute Gasteiger partial charge is 0.355 e. The summed E-state index contributed by atoms with van der Waals surface area (Å²) < 4.78 is 34.0. The fourth-order valence-electron chi connectivity index (χ4n) is 13.4. The number of fused-ring (bicyclic) bond motifs is 12. The molecule has 90 heavy (non-hydrogen) atoms. The predicted molar refractivity (Wildman–Crippen MR) is 368 cm³/mol. The molecule has 424 valence electrons. The van der Waals surface area contributed by atoms with E-state index in [0.29, 0.717) is 5.95 Å². The van der Waals surface area contributed by atoms with Crippen LogP contribution in [0.2, 0.25) is 0 Å². The highest BCUT2D eigenvalue weighted by molar-refractivity contribution is 6.14. The van der Waals surface area contributed by atoms with Crippen LogP contribution in [0.3, 0.4) is 0 Å². The van der Waals surface area contributed by atoms with E-state index in [0.717, 1.165) is 111 Å². The second-order valence-corrected chi connectivity index (χ2v) is 22.9. The van der Waals surface area contributed by atoms with E-state index in [1.165, 1.54) is 68.1 Å². The van der Waals surface area contributed by atoms with Gasteiger partial charge in [-0.1, -0.05) is 170 Å². The molecule has 0 atom stereocenters. The van der Waals surface area contributed by atoms with Crippen molar-refractivity contribution in [1.82, 2.24) is 28.7 Å². The Bertz CT molecular complexity index is 5800. The van der Waals surface area contributed by atoms with Gasteiger partial charge in [0.1, 0.15) is 11.6 Å². The summed E-state index contributed by atoms with van der Waals surface area (Å²) in [6, 6.07) is 103. The number of benzene rings is 13. The quantitative estimate of drug-likeness (QED) is 0.165. The Morgan fingerprint density at radius 3 is 1.19 bits per heavy atom. The first-order valence-corrected chi connectivity index (χ1v) is 30.1. The average molecular weight is 1160 g/mol. The SMILES string of the molecule is Fc1ccc(-n2c3ccccc3c3cc(-c4ccc5[nH]c6ccccc6c5c4)ccc32)cc1.Fc1ccc(-n2c3ccccc3c3cc(-c4ccc5c(c4)c4ccccc4n5-c4nccc(-c5cccc(-c6ccc(-c7ccccc7)cc6)c5)n4)ccc32)cc1. The van der Waals surface area contributed by atoms with Gasteiger partial charge < -0.3 is 14.1 Å². The smallest absolute Gasteiger partial charge is 0.235 e. The maximum Gasteiger partial charge on any atom is 0.235 e. The number of hydrogen-bond acceptors (Lipinski definition) is 2. The zero-order chi connectivity index (χ0) is 59.8.